The van der Waals surface area contributed by atoms with Crippen LogP contribution in [0.3, 0.4) is 0 Å². The number of hydrogen-bond donors (Lipinski definition) is 0. The quantitative estimate of drug-likeness (QED) is 0.674. The fourth-order valence-electron chi connectivity index (χ4n) is 1.28. The summed E-state index contributed by atoms with van der Waals surface area (Å²) in [7, 11) is 1.79. The summed E-state index contributed by atoms with van der Waals surface area (Å²) in [6.45, 7) is 1.84. The SMILES string of the molecule is Cc1c(C(=O)c2cnccn2)cnn1C. The molecule has 0 spiro atoms. The van der Waals surface area contributed by atoms with Gasteiger partial charge in [0.25, 0.3) is 0 Å². The van der Waals surface area contributed by atoms with Crippen molar-refractivity contribution in [3.63, 3.8) is 0 Å². The van der Waals surface area contributed by atoms with Gasteiger partial charge in [0, 0.05) is 25.1 Å². The Morgan fingerprint density at radius 3 is 2.67 bits per heavy atom. The number of ketones is 1. The highest BCUT2D eigenvalue weighted by Gasteiger charge is 2.15. The van der Waals surface area contributed by atoms with Crippen LogP contribution in [0.25, 0.3) is 0 Å². The Hall–Kier alpha value is -2.04. The number of carbonyl (C=O) groups excluding carboxylic acids is 1. The van der Waals surface area contributed by atoms with Crippen LogP contribution in [0.4, 0.5) is 0 Å². The third-order valence-corrected chi connectivity index (χ3v) is 2.28. The van der Waals surface area contributed by atoms with E-state index < -0.39 is 0 Å². The van der Waals surface area contributed by atoms with Crippen LogP contribution in [0.2, 0.25) is 0 Å². The van der Waals surface area contributed by atoms with Crippen LogP contribution in [-0.2, 0) is 7.05 Å². The Morgan fingerprint density at radius 1 is 1.33 bits per heavy atom. The first kappa shape index (κ1) is 9.51. The molecule has 76 valence electrons. The Morgan fingerprint density at radius 2 is 2.13 bits per heavy atom. The Labute approximate surface area is 86.8 Å². The number of hydrogen-bond acceptors (Lipinski definition) is 4. The number of carbonyl (C=O) groups is 1. The summed E-state index contributed by atoms with van der Waals surface area (Å²) >= 11 is 0. The van der Waals surface area contributed by atoms with Gasteiger partial charge in [0.15, 0.2) is 0 Å². The van der Waals surface area contributed by atoms with E-state index in [1.54, 1.807) is 17.9 Å². The molecule has 0 N–H and O–H groups in total. The zero-order valence-electron chi connectivity index (χ0n) is 8.51. The molecule has 2 aromatic rings. The molecule has 0 atom stereocenters. The van der Waals surface area contributed by atoms with E-state index in [-0.39, 0.29) is 5.78 Å². The van der Waals surface area contributed by atoms with E-state index in [4.69, 9.17) is 0 Å². The summed E-state index contributed by atoms with van der Waals surface area (Å²) in [4.78, 5) is 19.7. The third-order valence-electron chi connectivity index (χ3n) is 2.28. The predicted molar refractivity (Wildman–Crippen MR) is 53.4 cm³/mol. The Bertz CT molecular complexity index is 489. The molecule has 0 amide bonds. The lowest BCUT2D eigenvalue weighted by Gasteiger charge is -1.98. The lowest BCUT2D eigenvalue weighted by Crippen LogP contribution is -2.05. The van der Waals surface area contributed by atoms with Crippen molar-refractivity contribution in [2.45, 2.75) is 6.92 Å². The molecule has 0 saturated heterocycles. The van der Waals surface area contributed by atoms with E-state index in [0.717, 1.165) is 5.69 Å². The van der Waals surface area contributed by atoms with E-state index in [1.165, 1.54) is 18.6 Å². The van der Waals surface area contributed by atoms with Gasteiger partial charge in [0.05, 0.1) is 18.0 Å². The van der Waals surface area contributed by atoms with E-state index in [9.17, 15) is 4.79 Å². The van der Waals surface area contributed by atoms with Crippen LogP contribution in [-0.4, -0.2) is 25.5 Å². The number of aryl methyl sites for hydroxylation is 1. The molecule has 0 aliphatic rings. The molecular weight excluding hydrogens is 192 g/mol. The minimum atomic E-state index is -0.145. The summed E-state index contributed by atoms with van der Waals surface area (Å²) in [6, 6.07) is 0. The molecule has 2 heterocycles. The number of nitrogens with zero attached hydrogens (tertiary/aromatic N) is 4. The van der Waals surface area contributed by atoms with E-state index in [2.05, 4.69) is 15.1 Å². The van der Waals surface area contributed by atoms with Gasteiger partial charge in [0.2, 0.25) is 5.78 Å². The van der Waals surface area contributed by atoms with Crippen LogP contribution in [0.15, 0.2) is 24.8 Å². The van der Waals surface area contributed by atoms with Gasteiger partial charge in [-0.05, 0) is 6.92 Å². The molecule has 0 bridgehead atoms. The number of rotatable bonds is 2. The van der Waals surface area contributed by atoms with Crippen LogP contribution in [0.1, 0.15) is 21.7 Å². The smallest absolute Gasteiger partial charge is 0.216 e. The van der Waals surface area contributed by atoms with Gasteiger partial charge in [-0.1, -0.05) is 0 Å². The minimum Gasteiger partial charge on any atom is -0.287 e. The monoisotopic (exact) mass is 202 g/mol. The second-order valence-corrected chi connectivity index (χ2v) is 3.19. The van der Waals surface area contributed by atoms with Crippen molar-refractivity contribution in [3.05, 3.63) is 41.7 Å². The van der Waals surface area contributed by atoms with Crippen molar-refractivity contribution in [3.8, 4) is 0 Å². The van der Waals surface area contributed by atoms with Gasteiger partial charge in [-0.15, -0.1) is 0 Å². The topological polar surface area (TPSA) is 60.7 Å². The summed E-state index contributed by atoms with van der Waals surface area (Å²) in [5, 5.41) is 4.01. The van der Waals surface area contributed by atoms with Gasteiger partial charge in [-0.2, -0.15) is 5.10 Å². The second kappa shape index (κ2) is 3.61. The molecule has 5 nitrogen and oxygen atoms in total. The molecule has 15 heavy (non-hydrogen) atoms. The van der Waals surface area contributed by atoms with Crippen molar-refractivity contribution in [2.75, 3.05) is 0 Å². The van der Waals surface area contributed by atoms with Gasteiger partial charge >= 0.3 is 0 Å². The van der Waals surface area contributed by atoms with Crippen LogP contribution < -0.4 is 0 Å². The van der Waals surface area contributed by atoms with Crippen LogP contribution >= 0.6 is 0 Å². The van der Waals surface area contributed by atoms with Gasteiger partial charge in [-0.25, -0.2) is 4.98 Å². The molecule has 0 aliphatic heterocycles. The lowest BCUT2D eigenvalue weighted by molar-refractivity contribution is 0.103. The highest BCUT2D eigenvalue weighted by molar-refractivity contribution is 6.08. The molecule has 0 fully saturated rings. The van der Waals surface area contributed by atoms with Crippen LogP contribution in [0.5, 0.6) is 0 Å². The standard InChI is InChI=1S/C10H10N4O/c1-7-8(5-13-14(7)2)10(15)9-6-11-3-4-12-9/h3-6H,1-2H3. The molecule has 0 aromatic carbocycles. The average Bonchev–Trinajstić information content (AvgIpc) is 2.60. The van der Waals surface area contributed by atoms with Gasteiger partial charge in [0.1, 0.15) is 5.69 Å². The van der Waals surface area contributed by atoms with E-state index in [0.29, 0.717) is 11.3 Å². The highest BCUT2D eigenvalue weighted by Crippen LogP contribution is 2.10. The van der Waals surface area contributed by atoms with Crippen molar-refractivity contribution in [2.24, 2.45) is 7.05 Å². The summed E-state index contributed by atoms with van der Waals surface area (Å²) < 4.78 is 1.66. The highest BCUT2D eigenvalue weighted by atomic mass is 16.1. The fourth-order valence-corrected chi connectivity index (χ4v) is 1.28. The number of aromatic nitrogens is 4. The normalized spacial score (nSPS) is 10.3. The Kier molecular flexibility index (Phi) is 2.29. The zero-order valence-corrected chi connectivity index (χ0v) is 8.51. The summed E-state index contributed by atoms with van der Waals surface area (Å²) in [5.74, 6) is -0.145. The third kappa shape index (κ3) is 1.63. The molecule has 2 aromatic heterocycles. The van der Waals surface area contributed by atoms with Crippen LogP contribution in [0, 0.1) is 6.92 Å². The zero-order chi connectivity index (χ0) is 10.8. The maximum absolute atomic E-state index is 11.9. The maximum Gasteiger partial charge on any atom is 0.216 e. The summed E-state index contributed by atoms with van der Waals surface area (Å²) in [6.07, 6.45) is 6.03. The fraction of sp³-hybridized carbons (Fsp3) is 0.200. The predicted octanol–water partition coefficient (Wildman–Crippen LogP) is 0.750. The molecular formula is C10H10N4O. The molecule has 5 heteroatoms. The average molecular weight is 202 g/mol. The Balaban J connectivity index is 2.42. The first-order chi connectivity index (χ1) is 7.20. The first-order valence-corrected chi connectivity index (χ1v) is 4.49. The van der Waals surface area contributed by atoms with E-state index in [1.807, 2.05) is 6.92 Å². The van der Waals surface area contributed by atoms with E-state index >= 15 is 0 Å². The molecule has 0 unspecified atom stereocenters. The molecule has 0 aliphatic carbocycles. The van der Waals surface area contributed by atoms with Gasteiger partial charge in [-0.3, -0.25) is 14.5 Å². The first-order valence-electron chi connectivity index (χ1n) is 4.49. The lowest BCUT2D eigenvalue weighted by atomic mass is 10.1. The summed E-state index contributed by atoms with van der Waals surface area (Å²) in [5.41, 5.74) is 1.73. The van der Waals surface area contributed by atoms with Crippen molar-refractivity contribution >= 4 is 5.78 Å². The van der Waals surface area contributed by atoms with Crippen molar-refractivity contribution < 1.29 is 4.79 Å². The maximum atomic E-state index is 11.9. The van der Waals surface area contributed by atoms with Crippen molar-refractivity contribution in [1.29, 1.82) is 0 Å². The second-order valence-electron chi connectivity index (χ2n) is 3.19. The largest absolute Gasteiger partial charge is 0.287 e. The molecule has 0 saturated carbocycles. The van der Waals surface area contributed by atoms with Gasteiger partial charge < -0.3 is 0 Å². The molecule has 2 rings (SSSR count). The minimum absolute atomic E-state index is 0.145. The van der Waals surface area contributed by atoms with Crippen molar-refractivity contribution in [1.82, 2.24) is 19.7 Å². The molecule has 0 radical (unpaired) electrons.